The van der Waals surface area contributed by atoms with Gasteiger partial charge in [-0.3, -0.25) is 14.2 Å². The average Bonchev–Trinajstić information content (AvgIpc) is 3.05. The van der Waals surface area contributed by atoms with Crippen molar-refractivity contribution in [1.29, 1.82) is 0 Å². The van der Waals surface area contributed by atoms with Gasteiger partial charge in [0.15, 0.2) is 5.16 Å². The molecule has 1 N–H and O–H groups in total. The SMILES string of the molecule is CSc1nc2c(c(=O)n1CC(=O)Nc1cccc(C(F)(F)F)c1)CCC2. The summed E-state index contributed by atoms with van der Waals surface area (Å²) < 4.78 is 39.6. The zero-order chi connectivity index (χ0) is 18.9. The molecule has 0 unspecified atom stereocenters. The lowest BCUT2D eigenvalue weighted by atomic mass is 10.2. The molecule has 0 spiro atoms. The number of amides is 1. The number of anilines is 1. The summed E-state index contributed by atoms with van der Waals surface area (Å²) in [5.41, 5.74) is 0.314. The maximum absolute atomic E-state index is 12.8. The van der Waals surface area contributed by atoms with Gasteiger partial charge < -0.3 is 5.32 Å². The predicted molar refractivity (Wildman–Crippen MR) is 92.4 cm³/mol. The van der Waals surface area contributed by atoms with Gasteiger partial charge in [-0.25, -0.2) is 4.98 Å². The first-order valence-electron chi connectivity index (χ1n) is 7.93. The Hall–Kier alpha value is -2.29. The smallest absolute Gasteiger partial charge is 0.325 e. The van der Waals surface area contributed by atoms with Crippen LogP contribution in [0, 0.1) is 0 Å². The molecular formula is C17H16F3N3O2S. The summed E-state index contributed by atoms with van der Waals surface area (Å²) in [6.45, 7) is -0.300. The fourth-order valence-corrected chi connectivity index (χ4v) is 3.49. The number of rotatable bonds is 4. The average molecular weight is 383 g/mol. The van der Waals surface area contributed by atoms with Crippen LogP contribution in [0.25, 0.3) is 0 Å². The third-order valence-corrected chi connectivity index (χ3v) is 4.79. The van der Waals surface area contributed by atoms with E-state index in [0.717, 1.165) is 30.7 Å². The van der Waals surface area contributed by atoms with E-state index in [9.17, 15) is 22.8 Å². The van der Waals surface area contributed by atoms with E-state index in [1.807, 2.05) is 0 Å². The summed E-state index contributed by atoms with van der Waals surface area (Å²) in [6.07, 6.45) is -0.510. The number of hydrogen-bond donors (Lipinski definition) is 1. The second kappa shape index (κ2) is 7.14. The molecule has 2 aromatic rings. The lowest BCUT2D eigenvalue weighted by Gasteiger charge is -2.13. The maximum Gasteiger partial charge on any atom is 0.416 e. The van der Waals surface area contributed by atoms with Gasteiger partial charge in [0.2, 0.25) is 5.91 Å². The minimum atomic E-state index is -4.49. The van der Waals surface area contributed by atoms with Gasteiger partial charge in [0.1, 0.15) is 6.54 Å². The Morgan fingerprint density at radius 1 is 1.35 bits per heavy atom. The van der Waals surface area contributed by atoms with E-state index in [1.165, 1.54) is 28.5 Å². The van der Waals surface area contributed by atoms with Crippen LogP contribution >= 0.6 is 11.8 Å². The van der Waals surface area contributed by atoms with Crippen LogP contribution in [0.5, 0.6) is 0 Å². The monoisotopic (exact) mass is 383 g/mol. The molecule has 3 rings (SSSR count). The molecule has 1 aromatic carbocycles. The van der Waals surface area contributed by atoms with Gasteiger partial charge in [-0.2, -0.15) is 13.2 Å². The van der Waals surface area contributed by atoms with Gasteiger partial charge in [-0.1, -0.05) is 17.8 Å². The molecule has 0 fully saturated rings. The number of aryl methyl sites for hydroxylation is 1. The Morgan fingerprint density at radius 2 is 2.12 bits per heavy atom. The second-order valence-corrected chi connectivity index (χ2v) is 6.67. The van der Waals surface area contributed by atoms with Crippen LogP contribution in [0.2, 0.25) is 0 Å². The molecule has 0 aliphatic heterocycles. The topological polar surface area (TPSA) is 64.0 Å². The molecule has 5 nitrogen and oxygen atoms in total. The first-order chi connectivity index (χ1) is 12.3. The first-order valence-corrected chi connectivity index (χ1v) is 9.15. The number of hydrogen-bond acceptors (Lipinski definition) is 4. The summed E-state index contributed by atoms with van der Waals surface area (Å²) in [5, 5.41) is 2.84. The van der Waals surface area contributed by atoms with Gasteiger partial charge in [0, 0.05) is 11.3 Å². The Bertz CT molecular complexity index is 909. The number of thioether (sulfide) groups is 1. The van der Waals surface area contributed by atoms with Crippen LogP contribution in [0.4, 0.5) is 18.9 Å². The molecule has 1 aliphatic carbocycles. The number of alkyl halides is 3. The highest BCUT2D eigenvalue weighted by Gasteiger charge is 2.30. The quantitative estimate of drug-likeness (QED) is 0.651. The van der Waals surface area contributed by atoms with Crippen molar-refractivity contribution in [3.05, 3.63) is 51.4 Å². The van der Waals surface area contributed by atoms with Crippen LogP contribution in [0.15, 0.2) is 34.2 Å². The van der Waals surface area contributed by atoms with Gasteiger partial charge >= 0.3 is 6.18 Å². The number of fused-ring (bicyclic) bond motifs is 1. The van der Waals surface area contributed by atoms with Gasteiger partial charge in [0.25, 0.3) is 5.56 Å². The molecular weight excluding hydrogens is 367 g/mol. The standard InChI is InChI=1S/C17H16F3N3O2S/c1-26-16-22-13-7-3-6-12(13)15(25)23(16)9-14(24)21-11-5-2-4-10(8-11)17(18,19)20/h2,4-5,8H,3,6-7,9H2,1H3,(H,21,24). The van der Waals surface area contributed by atoms with E-state index in [0.29, 0.717) is 17.1 Å². The van der Waals surface area contributed by atoms with Crippen molar-refractivity contribution in [3.8, 4) is 0 Å². The largest absolute Gasteiger partial charge is 0.416 e. The summed E-state index contributed by atoms with van der Waals surface area (Å²) in [7, 11) is 0. The minimum absolute atomic E-state index is 0.0256. The Morgan fingerprint density at radius 3 is 2.81 bits per heavy atom. The third-order valence-electron chi connectivity index (χ3n) is 4.11. The van der Waals surface area contributed by atoms with Gasteiger partial charge in [0.05, 0.1) is 11.3 Å². The lowest BCUT2D eigenvalue weighted by Crippen LogP contribution is -2.32. The van der Waals surface area contributed by atoms with Gasteiger partial charge in [-0.15, -0.1) is 0 Å². The van der Waals surface area contributed by atoms with Crippen LogP contribution < -0.4 is 10.9 Å². The van der Waals surface area contributed by atoms with Crippen molar-refractivity contribution in [2.24, 2.45) is 0 Å². The number of nitrogens with one attached hydrogen (secondary N) is 1. The molecule has 0 atom stereocenters. The van der Waals surface area contributed by atoms with Crippen molar-refractivity contribution in [2.75, 3.05) is 11.6 Å². The Balaban J connectivity index is 1.82. The summed E-state index contributed by atoms with van der Waals surface area (Å²) in [4.78, 5) is 29.3. The zero-order valence-electron chi connectivity index (χ0n) is 13.9. The first kappa shape index (κ1) is 18.5. The normalized spacial score (nSPS) is 13.5. The molecule has 0 saturated heterocycles. The van der Waals surface area contributed by atoms with E-state index in [-0.39, 0.29) is 17.8 Å². The van der Waals surface area contributed by atoms with Crippen LogP contribution in [-0.2, 0) is 30.4 Å². The molecule has 1 heterocycles. The number of aromatic nitrogens is 2. The molecule has 1 amide bonds. The number of nitrogens with zero attached hydrogens (tertiary/aromatic N) is 2. The van der Waals surface area contributed by atoms with E-state index in [1.54, 1.807) is 6.26 Å². The Labute approximate surface area is 151 Å². The number of carbonyl (C=O) groups excluding carboxylic acids is 1. The highest BCUT2D eigenvalue weighted by atomic mass is 32.2. The summed E-state index contributed by atoms with van der Waals surface area (Å²) in [5.74, 6) is -0.582. The molecule has 0 saturated carbocycles. The Kier molecular flexibility index (Phi) is 5.08. The van der Waals surface area contributed by atoms with Crippen molar-refractivity contribution in [1.82, 2.24) is 9.55 Å². The van der Waals surface area contributed by atoms with Gasteiger partial charge in [-0.05, 0) is 43.7 Å². The van der Waals surface area contributed by atoms with Crippen molar-refractivity contribution in [3.63, 3.8) is 0 Å². The van der Waals surface area contributed by atoms with Crippen molar-refractivity contribution < 1.29 is 18.0 Å². The highest BCUT2D eigenvalue weighted by Crippen LogP contribution is 2.30. The lowest BCUT2D eigenvalue weighted by molar-refractivity contribution is -0.137. The molecule has 26 heavy (non-hydrogen) atoms. The molecule has 138 valence electrons. The number of benzene rings is 1. The summed E-state index contributed by atoms with van der Waals surface area (Å²) in [6, 6.07) is 4.37. The van der Waals surface area contributed by atoms with Crippen molar-refractivity contribution >= 4 is 23.4 Å². The zero-order valence-corrected chi connectivity index (χ0v) is 14.7. The van der Waals surface area contributed by atoms with E-state index >= 15 is 0 Å². The number of carbonyl (C=O) groups is 1. The van der Waals surface area contributed by atoms with Crippen molar-refractivity contribution in [2.45, 2.75) is 37.1 Å². The van der Waals surface area contributed by atoms with Crippen LogP contribution in [0.3, 0.4) is 0 Å². The molecule has 0 bridgehead atoms. The van der Waals surface area contributed by atoms with Crippen LogP contribution in [0.1, 0.15) is 23.2 Å². The maximum atomic E-state index is 12.8. The highest BCUT2D eigenvalue weighted by molar-refractivity contribution is 7.98. The molecule has 9 heteroatoms. The predicted octanol–water partition coefficient (Wildman–Crippen LogP) is 3.11. The van der Waals surface area contributed by atoms with E-state index in [2.05, 4.69) is 10.3 Å². The molecule has 1 aliphatic rings. The molecule has 1 aromatic heterocycles. The fraction of sp³-hybridized carbons (Fsp3) is 0.353. The van der Waals surface area contributed by atoms with E-state index < -0.39 is 17.6 Å². The fourth-order valence-electron chi connectivity index (χ4n) is 2.92. The third kappa shape index (κ3) is 3.77. The minimum Gasteiger partial charge on any atom is -0.325 e. The molecule has 0 radical (unpaired) electrons. The summed E-state index contributed by atoms with van der Waals surface area (Å²) >= 11 is 1.25. The van der Waals surface area contributed by atoms with Crippen LogP contribution in [-0.4, -0.2) is 21.7 Å². The number of halogens is 3. The second-order valence-electron chi connectivity index (χ2n) is 5.90. The van der Waals surface area contributed by atoms with E-state index in [4.69, 9.17) is 0 Å².